The monoisotopic (exact) mass is 1420 g/mol. The quantitative estimate of drug-likeness (QED) is 0.0980. The molecule has 21 nitrogen and oxygen atoms in total. The minimum absolute atomic E-state index is 0.00334. The largest absolute Gasteiger partial charge is 0.507 e. The van der Waals surface area contributed by atoms with Gasteiger partial charge in [-0.2, -0.15) is 0 Å². The fraction of sp³-hybridized carbons (Fsp3) is 0.375. The average Bonchev–Trinajstić information content (AvgIpc) is 0.746. The number of phenolic OH excluding ortho intramolecular Hbond substituents is 2. The first kappa shape index (κ1) is 81.6. The smallest absolute Gasteiger partial charge is 0.248 e. The van der Waals surface area contributed by atoms with Crippen LogP contribution in [-0.4, -0.2) is 148 Å². The van der Waals surface area contributed by atoms with Crippen molar-refractivity contribution in [1.29, 1.82) is 0 Å². The molecule has 0 aromatic heterocycles. The van der Waals surface area contributed by atoms with E-state index < -0.39 is 181 Å². The molecule has 0 spiro atoms. The first-order valence-corrected chi connectivity index (χ1v) is 34.8. The predicted octanol–water partition coefficient (Wildman–Crippen LogP) is 9.46. The van der Waals surface area contributed by atoms with E-state index in [1.807, 2.05) is 0 Å². The van der Waals surface area contributed by atoms with Crippen molar-refractivity contribution in [3.8, 4) is 11.5 Å². The van der Waals surface area contributed by atoms with E-state index in [-0.39, 0.29) is 76.4 Å². The number of benzene rings is 2. The summed E-state index contributed by atoms with van der Waals surface area (Å²) in [6.07, 6.45) is 22.3. The summed E-state index contributed by atoms with van der Waals surface area (Å²) in [4.78, 5) is 143. The van der Waals surface area contributed by atoms with Crippen LogP contribution in [0.4, 0.5) is 0 Å². The zero-order valence-corrected chi connectivity index (χ0v) is 60.3. The van der Waals surface area contributed by atoms with Crippen LogP contribution in [0.5, 0.6) is 11.5 Å². The van der Waals surface area contributed by atoms with E-state index in [0.717, 1.165) is 12.2 Å². The number of aromatic hydroxyl groups is 2. The molecule has 11 N–H and O–H groups in total. The zero-order chi connectivity index (χ0) is 75.7. The first-order chi connectivity index (χ1) is 48.1. The second kappa shape index (κ2) is 37.0. The van der Waals surface area contributed by atoms with Crippen molar-refractivity contribution in [2.24, 2.45) is 35.5 Å². The summed E-state index contributed by atoms with van der Waals surface area (Å²) in [6.45, 7) is 18.3. The molecule has 102 heavy (non-hydrogen) atoms. The van der Waals surface area contributed by atoms with Gasteiger partial charge in [-0.05, 0) is 99.9 Å². The third kappa shape index (κ3) is 20.7. The number of rotatable bonds is 5. The van der Waals surface area contributed by atoms with Gasteiger partial charge in [-0.3, -0.25) is 47.9 Å². The summed E-state index contributed by atoms with van der Waals surface area (Å²) in [5.74, 6) is -13.7. The second-order valence-corrected chi connectivity index (χ2v) is 27.6. The number of thioether (sulfide) groups is 1. The van der Waals surface area contributed by atoms with E-state index in [0.29, 0.717) is 22.9 Å². The zero-order valence-electron chi connectivity index (χ0n) is 59.4. The Morgan fingerprint density at radius 1 is 0.431 bits per heavy atom. The van der Waals surface area contributed by atoms with Crippen LogP contribution in [0.25, 0.3) is 0 Å². The molecule has 0 fully saturated rings. The highest BCUT2D eigenvalue weighted by molar-refractivity contribution is 8.04. The van der Waals surface area contributed by atoms with Crippen LogP contribution in [0.3, 0.4) is 0 Å². The summed E-state index contributed by atoms with van der Waals surface area (Å²) in [5, 5.41) is 97.7. The van der Waals surface area contributed by atoms with E-state index in [1.165, 1.54) is 101 Å². The normalized spacial score (nSPS) is 31.1. The van der Waals surface area contributed by atoms with Crippen molar-refractivity contribution < 1.29 is 88.8 Å². The highest BCUT2D eigenvalue weighted by Crippen LogP contribution is 2.41. The van der Waals surface area contributed by atoms with Gasteiger partial charge in [0, 0.05) is 89.5 Å². The van der Waals surface area contributed by atoms with E-state index in [1.54, 1.807) is 104 Å². The van der Waals surface area contributed by atoms with E-state index >= 15 is 9.59 Å². The molecule has 4 heterocycles. The van der Waals surface area contributed by atoms with Crippen molar-refractivity contribution in [3.05, 3.63) is 222 Å². The molecule has 8 rings (SSSR count). The highest BCUT2D eigenvalue weighted by Gasteiger charge is 2.41. The molecule has 12 unspecified atom stereocenters. The van der Waals surface area contributed by atoms with Crippen LogP contribution < -0.4 is 16.0 Å². The van der Waals surface area contributed by atoms with Crippen molar-refractivity contribution in [2.45, 2.75) is 145 Å². The molecule has 22 heteroatoms. The van der Waals surface area contributed by atoms with Crippen LogP contribution in [0.15, 0.2) is 178 Å². The fourth-order valence-electron chi connectivity index (χ4n) is 11.7. The average molecular weight is 1420 g/mol. The standard InChI is InChI=1S/C80H93N3O18S/c1-41-21-17-13-15-19-23-61(90)82-68-67(78(100)63-55(76(68)98)37-51(11)74(96)65(63)72(94)49(9)35-47(7)70(92)45(5)27-31-53(84)29-25-43(3)59(88)39-57(41)86)81-33-34-102-80-69-77(99)56-38-52(12)75(97)66(64(56)79(80)101)73(95)50(10)36-48(8)71(93)46(6)28-32-54(85)30-26-44(4)60(89)40-58(87)42(2)22-18-14-16-20-24-62(91)83-69/h13-28,31-32,35-38,41-42,45-48,53-54,57-58,70-71,81,84-87,92-93,96-97H,29-30,33-34,39-40H2,1-12H3,(H,82,90)(H,83,91)/b15-13-,16-14-,21-17+,22-18+,23-19-,24-20-,31-27+,32-28+,43-25+,44-26+,49-35+,50-36+. The molecule has 8 bridgehead atoms. The number of amides is 2. The number of phenols is 2. The second-order valence-electron chi connectivity index (χ2n) is 26.5. The van der Waals surface area contributed by atoms with Gasteiger partial charge in [-0.1, -0.05) is 151 Å². The number of carbonyl (C=O) groups excluding carboxylic acids is 10. The SMILES string of the molecule is C/C1=C\CC(O)/C=C/C(C)C(O)C(C)/C=C(\C)C(=O)c2c(O)c(C)cc3c2C(=O)C(NCCSC2=C4NC(=O)\C=C/C=C\C=C\C(C)C(O)CC(=O)/C(C)=C/CC(O)/C=C/C(C)C(O)C(C)/C=C(\C)C(=O)c5c(O)c(C)cc(c5C2=O)C4=O)=C(NC(=O)\C=C/C=C\C=C\C(C)C(O)CC1=O)C3=O. The molecular formula is C80H93N3O18S. The van der Waals surface area contributed by atoms with Crippen molar-refractivity contribution >= 4 is 69.8 Å². The van der Waals surface area contributed by atoms with E-state index in [2.05, 4.69) is 16.0 Å². The van der Waals surface area contributed by atoms with Gasteiger partial charge in [0.05, 0.1) is 58.2 Å². The van der Waals surface area contributed by atoms with Crippen LogP contribution >= 0.6 is 11.8 Å². The Labute approximate surface area is 598 Å². The van der Waals surface area contributed by atoms with E-state index in [9.17, 15) is 79.2 Å². The molecule has 2 aromatic rings. The number of allylic oxidation sites excluding steroid dienone is 16. The fourth-order valence-corrected chi connectivity index (χ4v) is 12.6. The molecule has 12 atom stereocenters. The molecule has 6 aliphatic rings. The molecule has 0 saturated carbocycles. The maximum atomic E-state index is 15.3. The maximum Gasteiger partial charge on any atom is 0.248 e. The van der Waals surface area contributed by atoms with Crippen LogP contribution in [0.2, 0.25) is 0 Å². The number of aryl methyl sites for hydroxylation is 2. The number of nitrogens with one attached hydrogen (secondary N) is 3. The van der Waals surface area contributed by atoms with E-state index in [4.69, 9.17) is 0 Å². The molecular weight excluding hydrogens is 1320 g/mol. The number of hydrogen-bond donors (Lipinski definition) is 11. The van der Waals surface area contributed by atoms with Gasteiger partial charge in [0.2, 0.25) is 34.9 Å². The first-order valence-electron chi connectivity index (χ1n) is 33.8. The number of carbonyl (C=O) groups is 10. The molecule has 4 aliphatic heterocycles. The molecule has 2 aliphatic carbocycles. The van der Waals surface area contributed by atoms with Gasteiger partial charge >= 0.3 is 0 Å². The van der Waals surface area contributed by atoms with Gasteiger partial charge in [0.1, 0.15) is 28.6 Å². The molecule has 542 valence electrons. The van der Waals surface area contributed by atoms with Gasteiger partial charge in [-0.25, -0.2) is 0 Å². The Morgan fingerprint density at radius 3 is 1.25 bits per heavy atom. The van der Waals surface area contributed by atoms with Gasteiger partial charge in [0.15, 0.2) is 23.1 Å². The van der Waals surface area contributed by atoms with Crippen molar-refractivity contribution in [2.75, 3.05) is 12.3 Å². The number of fused-ring (bicyclic) bond motifs is 36. The Bertz CT molecular complexity index is 3880. The summed E-state index contributed by atoms with van der Waals surface area (Å²) >= 11 is 0.659. The third-order valence-electron chi connectivity index (χ3n) is 18.3. The Morgan fingerprint density at radius 2 is 0.824 bits per heavy atom. The van der Waals surface area contributed by atoms with Crippen LogP contribution in [0, 0.1) is 49.4 Å². The van der Waals surface area contributed by atoms with Crippen molar-refractivity contribution in [1.82, 2.24) is 16.0 Å². The van der Waals surface area contributed by atoms with Gasteiger partial charge in [0.25, 0.3) is 0 Å². The molecule has 2 amide bonds. The molecule has 0 saturated heterocycles. The number of aliphatic hydroxyl groups excluding tert-OH is 6. The Balaban J connectivity index is 1.44. The summed E-state index contributed by atoms with van der Waals surface area (Å²) in [5.41, 5.74) is -4.06. The predicted molar refractivity (Wildman–Crippen MR) is 390 cm³/mol. The molecule has 2 aromatic carbocycles. The van der Waals surface area contributed by atoms with Crippen LogP contribution in [-0.2, 0) is 19.2 Å². The maximum absolute atomic E-state index is 15.3. The number of hydrogen-bond acceptors (Lipinski definition) is 20. The Hall–Kier alpha value is -9.39. The minimum Gasteiger partial charge on any atom is -0.507 e. The number of Topliss-reactive ketones (excluding diaryl/α,β-unsaturated/α-hetero) is 8. The lowest BCUT2D eigenvalue weighted by molar-refractivity contribution is -0.118. The van der Waals surface area contributed by atoms with Gasteiger partial charge < -0.3 is 56.8 Å². The number of ketones is 8. The van der Waals surface area contributed by atoms with Crippen molar-refractivity contribution in [3.63, 3.8) is 0 Å². The summed E-state index contributed by atoms with van der Waals surface area (Å²) in [7, 11) is 0. The number of aliphatic hydroxyl groups is 6. The Kier molecular flexibility index (Phi) is 29.6. The topological polar surface area (TPSA) is 369 Å². The lowest BCUT2D eigenvalue weighted by atomic mass is 9.82. The third-order valence-corrected chi connectivity index (χ3v) is 19.4. The van der Waals surface area contributed by atoms with Crippen LogP contribution in [0.1, 0.15) is 168 Å². The molecule has 0 radical (unpaired) electrons. The lowest BCUT2D eigenvalue weighted by Crippen LogP contribution is -2.39. The summed E-state index contributed by atoms with van der Waals surface area (Å²) < 4.78 is 0. The highest BCUT2D eigenvalue weighted by atomic mass is 32.2. The van der Waals surface area contributed by atoms with Gasteiger partial charge in [-0.15, -0.1) is 11.8 Å². The lowest BCUT2D eigenvalue weighted by Gasteiger charge is -2.26. The summed E-state index contributed by atoms with van der Waals surface area (Å²) in [6, 6.07) is 2.39. The minimum atomic E-state index is -1.16.